The van der Waals surface area contributed by atoms with Crippen LogP contribution in [0.4, 0.5) is 5.82 Å². The first-order valence-electron chi connectivity index (χ1n) is 8.86. The highest BCUT2D eigenvalue weighted by molar-refractivity contribution is 6.10. The number of nitrogens with zero attached hydrogens (tertiary/aromatic N) is 6. The molecule has 3 aromatic rings. The van der Waals surface area contributed by atoms with Crippen molar-refractivity contribution in [2.45, 2.75) is 26.9 Å². The summed E-state index contributed by atoms with van der Waals surface area (Å²) in [6.45, 7) is 4.92. The molecule has 3 aromatic heterocycles. The molecule has 0 saturated carbocycles. The molecule has 9 heteroatoms. The maximum Gasteiger partial charge on any atom is 0.262 e. The average Bonchev–Trinajstić information content (AvgIpc) is 3.31. The number of pyridine rings is 2. The predicted molar refractivity (Wildman–Crippen MR) is 102 cm³/mol. The third-order valence-corrected chi connectivity index (χ3v) is 4.71. The van der Waals surface area contributed by atoms with Crippen molar-refractivity contribution in [1.82, 2.24) is 25.0 Å². The molecule has 0 N–H and O–H groups in total. The molecule has 0 bridgehead atoms. The van der Waals surface area contributed by atoms with Crippen molar-refractivity contribution in [2.75, 3.05) is 19.1 Å². The molecule has 0 unspecified atom stereocenters. The summed E-state index contributed by atoms with van der Waals surface area (Å²) in [5, 5.41) is 8.12. The second-order valence-electron chi connectivity index (χ2n) is 6.41. The van der Waals surface area contributed by atoms with Crippen LogP contribution in [-0.4, -0.2) is 45.1 Å². The summed E-state index contributed by atoms with van der Waals surface area (Å²) in [7, 11) is 3.10. The van der Waals surface area contributed by atoms with Gasteiger partial charge in [-0.1, -0.05) is 5.21 Å². The van der Waals surface area contributed by atoms with Crippen molar-refractivity contribution in [2.24, 2.45) is 0 Å². The van der Waals surface area contributed by atoms with Gasteiger partial charge in [-0.15, -0.1) is 5.10 Å². The van der Waals surface area contributed by atoms with Crippen LogP contribution in [0.3, 0.4) is 0 Å². The summed E-state index contributed by atoms with van der Waals surface area (Å²) in [5.41, 5.74) is 3.68. The van der Waals surface area contributed by atoms with Crippen LogP contribution in [0.5, 0.6) is 11.6 Å². The van der Waals surface area contributed by atoms with Crippen molar-refractivity contribution < 1.29 is 14.3 Å². The number of fused-ring (bicyclic) bond motifs is 1. The van der Waals surface area contributed by atoms with E-state index in [0.29, 0.717) is 41.8 Å². The van der Waals surface area contributed by atoms with Gasteiger partial charge >= 0.3 is 0 Å². The van der Waals surface area contributed by atoms with Gasteiger partial charge in [0, 0.05) is 18.3 Å². The molecule has 4 heterocycles. The number of carbonyl (C=O) groups excluding carboxylic acids is 1. The number of ether oxygens (including phenoxy) is 2. The van der Waals surface area contributed by atoms with Gasteiger partial charge in [-0.25, -0.2) is 4.98 Å². The highest BCUT2D eigenvalue weighted by atomic mass is 16.5. The zero-order chi connectivity index (χ0) is 19.8. The predicted octanol–water partition coefficient (Wildman–Crippen LogP) is 2.24. The molecule has 0 saturated heterocycles. The van der Waals surface area contributed by atoms with Gasteiger partial charge in [-0.3, -0.25) is 19.4 Å². The minimum atomic E-state index is -0.111. The highest BCUT2D eigenvalue weighted by Crippen LogP contribution is 2.33. The van der Waals surface area contributed by atoms with E-state index in [2.05, 4.69) is 15.3 Å². The first-order chi connectivity index (χ1) is 13.5. The summed E-state index contributed by atoms with van der Waals surface area (Å²) < 4.78 is 12.2. The molecule has 0 radical (unpaired) electrons. The number of carbonyl (C=O) groups is 1. The average molecular weight is 380 g/mol. The van der Waals surface area contributed by atoms with Crippen molar-refractivity contribution in [3.05, 3.63) is 41.3 Å². The van der Waals surface area contributed by atoms with Crippen molar-refractivity contribution in [3.8, 4) is 22.9 Å². The van der Waals surface area contributed by atoms with Crippen LogP contribution in [0.2, 0.25) is 0 Å². The fourth-order valence-corrected chi connectivity index (χ4v) is 3.27. The van der Waals surface area contributed by atoms with Crippen LogP contribution in [0.1, 0.15) is 28.5 Å². The molecule has 9 nitrogen and oxygen atoms in total. The molecular weight excluding hydrogens is 360 g/mol. The Bertz CT molecular complexity index is 1060. The van der Waals surface area contributed by atoms with Gasteiger partial charge in [-0.05, 0) is 31.5 Å². The fraction of sp³-hybridized carbons (Fsp3) is 0.316. The van der Waals surface area contributed by atoms with E-state index in [9.17, 15) is 4.79 Å². The summed E-state index contributed by atoms with van der Waals surface area (Å²) >= 11 is 0. The number of aryl methyl sites for hydroxylation is 2. The summed E-state index contributed by atoms with van der Waals surface area (Å²) in [4.78, 5) is 23.5. The summed E-state index contributed by atoms with van der Waals surface area (Å²) in [6.07, 6.45) is 3.44. The number of aromatic nitrogens is 5. The minimum absolute atomic E-state index is 0.111. The maximum atomic E-state index is 12.9. The Morgan fingerprint density at radius 1 is 1.21 bits per heavy atom. The normalized spacial score (nSPS) is 13.0. The Hall–Kier alpha value is -3.49. The van der Waals surface area contributed by atoms with Gasteiger partial charge in [0.15, 0.2) is 11.6 Å². The monoisotopic (exact) mass is 380 g/mol. The van der Waals surface area contributed by atoms with E-state index >= 15 is 0 Å². The lowest BCUT2D eigenvalue weighted by atomic mass is 10.1. The van der Waals surface area contributed by atoms with Crippen molar-refractivity contribution in [1.29, 1.82) is 0 Å². The number of rotatable bonds is 5. The topological polar surface area (TPSA) is 95.3 Å². The number of amides is 1. The number of methoxy groups -OCH3 is 2. The molecule has 0 spiro atoms. The maximum absolute atomic E-state index is 12.9. The third-order valence-electron chi connectivity index (χ3n) is 4.71. The zero-order valence-corrected chi connectivity index (χ0v) is 16.1. The van der Waals surface area contributed by atoms with E-state index < -0.39 is 0 Å². The third kappa shape index (κ3) is 2.84. The smallest absolute Gasteiger partial charge is 0.262 e. The number of hydrogen-bond donors (Lipinski definition) is 0. The Morgan fingerprint density at radius 2 is 2.04 bits per heavy atom. The number of anilines is 1. The SMILES string of the molecule is CCn1cc(N2Cc3nc(-c4cnc(OC)c(OC)c4)cc(C)c3C2=O)nn1. The van der Waals surface area contributed by atoms with Crippen LogP contribution < -0.4 is 14.4 Å². The summed E-state index contributed by atoms with van der Waals surface area (Å²) in [6, 6.07) is 3.70. The molecule has 4 rings (SSSR count). The van der Waals surface area contributed by atoms with Crippen LogP contribution in [0.15, 0.2) is 24.5 Å². The first-order valence-corrected chi connectivity index (χ1v) is 8.86. The Morgan fingerprint density at radius 3 is 2.71 bits per heavy atom. The quantitative estimate of drug-likeness (QED) is 0.670. The van der Waals surface area contributed by atoms with Gasteiger partial charge in [0.25, 0.3) is 11.8 Å². The Labute approximate surface area is 161 Å². The van der Waals surface area contributed by atoms with Gasteiger partial charge in [0.1, 0.15) is 0 Å². The molecule has 0 fully saturated rings. The van der Waals surface area contributed by atoms with Crippen LogP contribution >= 0.6 is 0 Å². The second-order valence-corrected chi connectivity index (χ2v) is 6.41. The summed E-state index contributed by atoms with van der Waals surface area (Å²) in [5.74, 6) is 1.34. The van der Waals surface area contributed by atoms with Gasteiger partial charge in [0.2, 0.25) is 0 Å². The number of hydrogen-bond acceptors (Lipinski definition) is 7. The standard InChI is InChI=1S/C19H20N6O3/c1-5-24-10-16(22-23-24)25-9-14-17(19(25)26)11(2)6-13(21-14)12-7-15(27-3)18(28-4)20-8-12/h6-8,10H,5,9H2,1-4H3. The lowest BCUT2D eigenvalue weighted by molar-refractivity contribution is 0.0995. The molecule has 1 aliphatic heterocycles. The lowest BCUT2D eigenvalue weighted by Crippen LogP contribution is -2.23. The fourth-order valence-electron chi connectivity index (χ4n) is 3.27. The highest BCUT2D eigenvalue weighted by Gasteiger charge is 2.33. The van der Waals surface area contributed by atoms with E-state index in [4.69, 9.17) is 14.5 Å². The van der Waals surface area contributed by atoms with E-state index in [1.165, 1.54) is 7.11 Å². The molecule has 0 aromatic carbocycles. The van der Waals surface area contributed by atoms with Crippen molar-refractivity contribution in [3.63, 3.8) is 0 Å². The molecule has 0 aliphatic carbocycles. The molecule has 1 aliphatic rings. The zero-order valence-electron chi connectivity index (χ0n) is 16.1. The van der Waals surface area contributed by atoms with Gasteiger partial charge in [-0.2, -0.15) is 0 Å². The lowest BCUT2D eigenvalue weighted by Gasteiger charge is -2.10. The van der Waals surface area contributed by atoms with Gasteiger partial charge in [0.05, 0.1) is 43.9 Å². The van der Waals surface area contributed by atoms with Crippen LogP contribution in [0, 0.1) is 6.92 Å². The van der Waals surface area contributed by atoms with Crippen LogP contribution in [-0.2, 0) is 13.1 Å². The molecule has 1 amide bonds. The van der Waals surface area contributed by atoms with E-state index in [0.717, 1.165) is 16.8 Å². The molecule has 0 atom stereocenters. The second kappa shape index (κ2) is 6.91. The Kier molecular flexibility index (Phi) is 4.42. The van der Waals surface area contributed by atoms with Crippen molar-refractivity contribution >= 4 is 11.7 Å². The minimum Gasteiger partial charge on any atom is -0.491 e. The Balaban J connectivity index is 1.72. The molecule has 144 valence electrons. The molecule has 28 heavy (non-hydrogen) atoms. The van der Waals surface area contributed by atoms with Gasteiger partial charge < -0.3 is 9.47 Å². The van der Waals surface area contributed by atoms with E-state index in [1.54, 1.807) is 29.1 Å². The largest absolute Gasteiger partial charge is 0.491 e. The van der Waals surface area contributed by atoms with E-state index in [1.807, 2.05) is 26.0 Å². The molecular formula is C19H20N6O3. The van der Waals surface area contributed by atoms with Crippen LogP contribution in [0.25, 0.3) is 11.3 Å². The first kappa shape index (κ1) is 17.9. The van der Waals surface area contributed by atoms with E-state index in [-0.39, 0.29) is 5.91 Å².